The van der Waals surface area contributed by atoms with Crippen molar-refractivity contribution in [1.82, 2.24) is 9.88 Å². The van der Waals surface area contributed by atoms with Crippen LogP contribution < -0.4 is 5.32 Å². The van der Waals surface area contributed by atoms with Gasteiger partial charge >= 0.3 is 0 Å². The number of likely N-dealkylation sites (N-methyl/N-ethyl adjacent to an activating group) is 1. The summed E-state index contributed by atoms with van der Waals surface area (Å²) in [6.07, 6.45) is 2.98. The molecule has 0 aliphatic heterocycles. The van der Waals surface area contributed by atoms with Gasteiger partial charge in [0.1, 0.15) is 4.88 Å². The SMILES string of the molecule is CCCCc1nc(C)c(C(=O)N(C)CC(=O)Nc2c(Cl)cccc2Cl)s1. The van der Waals surface area contributed by atoms with E-state index in [-0.39, 0.29) is 18.4 Å². The highest BCUT2D eigenvalue weighted by atomic mass is 35.5. The first-order valence-corrected chi connectivity index (χ1v) is 9.86. The van der Waals surface area contributed by atoms with E-state index in [1.807, 2.05) is 6.92 Å². The topological polar surface area (TPSA) is 62.3 Å². The number of carbonyl (C=O) groups excluding carboxylic acids is 2. The molecule has 2 amide bonds. The van der Waals surface area contributed by atoms with Crippen molar-refractivity contribution in [2.45, 2.75) is 33.1 Å². The van der Waals surface area contributed by atoms with Crippen molar-refractivity contribution in [3.63, 3.8) is 0 Å². The number of anilines is 1. The predicted molar refractivity (Wildman–Crippen MR) is 108 cm³/mol. The monoisotopic (exact) mass is 413 g/mol. The van der Waals surface area contributed by atoms with Crippen LogP contribution in [0.4, 0.5) is 5.69 Å². The molecule has 0 fully saturated rings. The van der Waals surface area contributed by atoms with Crippen LogP contribution in [0.5, 0.6) is 0 Å². The molecule has 0 unspecified atom stereocenters. The van der Waals surface area contributed by atoms with Gasteiger partial charge in [0.25, 0.3) is 5.91 Å². The van der Waals surface area contributed by atoms with Crippen LogP contribution in [0.1, 0.15) is 40.1 Å². The summed E-state index contributed by atoms with van der Waals surface area (Å²) in [5.74, 6) is -0.590. The summed E-state index contributed by atoms with van der Waals surface area (Å²) < 4.78 is 0. The minimum atomic E-state index is -0.371. The number of unbranched alkanes of at least 4 members (excludes halogenated alkanes) is 1. The number of carbonyl (C=O) groups is 2. The lowest BCUT2D eigenvalue weighted by Crippen LogP contribution is -2.35. The molecule has 0 spiro atoms. The Hall–Kier alpha value is -1.63. The van der Waals surface area contributed by atoms with E-state index in [9.17, 15) is 9.59 Å². The van der Waals surface area contributed by atoms with Crippen LogP contribution in [0.25, 0.3) is 0 Å². The number of para-hydroxylation sites is 1. The maximum Gasteiger partial charge on any atom is 0.266 e. The summed E-state index contributed by atoms with van der Waals surface area (Å²) in [5, 5.41) is 4.30. The summed E-state index contributed by atoms with van der Waals surface area (Å²) in [4.78, 5) is 31.3. The van der Waals surface area contributed by atoms with Crippen molar-refractivity contribution < 1.29 is 9.59 Å². The molecule has 0 aliphatic carbocycles. The summed E-state index contributed by atoms with van der Waals surface area (Å²) in [6, 6.07) is 4.96. The molecule has 8 heteroatoms. The van der Waals surface area contributed by atoms with E-state index in [0.29, 0.717) is 26.3 Å². The van der Waals surface area contributed by atoms with Gasteiger partial charge in [-0.2, -0.15) is 0 Å². The van der Waals surface area contributed by atoms with Crippen LogP contribution in [0.3, 0.4) is 0 Å². The van der Waals surface area contributed by atoms with Crippen molar-refractivity contribution in [2.75, 3.05) is 18.9 Å². The van der Waals surface area contributed by atoms with Gasteiger partial charge in [-0.3, -0.25) is 9.59 Å². The number of nitrogens with one attached hydrogen (secondary N) is 1. The Morgan fingerprint density at radius 1 is 1.27 bits per heavy atom. The number of amides is 2. The van der Waals surface area contributed by atoms with E-state index < -0.39 is 0 Å². The van der Waals surface area contributed by atoms with Crippen LogP contribution in [-0.2, 0) is 11.2 Å². The number of hydrogen-bond acceptors (Lipinski definition) is 4. The molecule has 0 bridgehead atoms. The van der Waals surface area contributed by atoms with Gasteiger partial charge in [-0.15, -0.1) is 11.3 Å². The minimum absolute atomic E-state index is 0.109. The average Bonchev–Trinajstić information content (AvgIpc) is 2.96. The lowest BCUT2D eigenvalue weighted by Gasteiger charge is -2.17. The smallest absolute Gasteiger partial charge is 0.266 e. The Morgan fingerprint density at radius 2 is 1.92 bits per heavy atom. The van der Waals surface area contributed by atoms with Gasteiger partial charge in [0.2, 0.25) is 5.91 Å². The largest absolute Gasteiger partial charge is 0.332 e. The zero-order chi connectivity index (χ0) is 19.3. The Morgan fingerprint density at radius 3 is 2.54 bits per heavy atom. The van der Waals surface area contributed by atoms with E-state index in [1.54, 1.807) is 25.2 Å². The van der Waals surface area contributed by atoms with Crippen molar-refractivity contribution in [1.29, 1.82) is 0 Å². The quantitative estimate of drug-likeness (QED) is 0.707. The molecule has 1 N–H and O–H groups in total. The van der Waals surface area contributed by atoms with E-state index >= 15 is 0 Å². The molecule has 0 atom stereocenters. The number of benzene rings is 1. The number of nitrogens with zero attached hydrogens (tertiary/aromatic N) is 2. The second-order valence-electron chi connectivity index (χ2n) is 5.93. The normalized spacial score (nSPS) is 10.7. The third kappa shape index (κ3) is 5.19. The Labute approximate surface area is 167 Å². The summed E-state index contributed by atoms with van der Waals surface area (Å²) in [6.45, 7) is 3.82. The number of rotatable bonds is 7. The number of aromatic nitrogens is 1. The summed E-state index contributed by atoms with van der Waals surface area (Å²) >= 11 is 13.5. The summed E-state index contributed by atoms with van der Waals surface area (Å²) in [7, 11) is 1.58. The molecule has 0 aliphatic rings. The fourth-order valence-corrected chi connectivity index (χ4v) is 3.94. The van der Waals surface area contributed by atoms with E-state index in [1.165, 1.54) is 16.2 Å². The second kappa shape index (κ2) is 9.35. The van der Waals surface area contributed by atoms with E-state index in [4.69, 9.17) is 23.2 Å². The first-order valence-electron chi connectivity index (χ1n) is 8.29. The maximum absolute atomic E-state index is 12.6. The third-order valence-electron chi connectivity index (χ3n) is 3.73. The highest BCUT2D eigenvalue weighted by Crippen LogP contribution is 2.29. The zero-order valence-corrected chi connectivity index (χ0v) is 17.3. The Kier molecular flexibility index (Phi) is 7.43. The Bertz CT molecular complexity index is 787. The molecular formula is C18H21Cl2N3O2S. The van der Waals surface area contributed by atoms with Gasteiger partial charge < -0.3 is 10.2 Å². The lowest BCUT2D eigenvalue weighted by atomic mass is 10.2. The van der Waals surface area contributed by atoms with Crippen molar-refractivity contribution >= 4 is 52.0 Å². The van der Waals surface area contributed by atoms with Crippen LogP contribution >= 0.6 is 34.5 Å². The van der Waals surface area contributed by atoms with Gasteiger partial charge in [-0.25, -0.2) is 4.98 Å². The highest BCUT2D eigenvalue weighted by Gasteiger charge is 2.21. The first-order chi connectivity index (χ1) is 12.3. The fourth-order valence-electron chi connectivity index (χ4n) is 2.34. The Balaban J connectivity index is 2.02. The second-order valence-corrected chi connectivity index (χ2v) is 7.83. The van der Waals surface area contributed by atoms with Crippen LogP contribution in [0.2, 0.25) is 10.0 Å². The van der Waals surface area contributed by atoms with Gasteiger partial charge in [0.15, 0.2) is 0 Å². The molecule has 0 radical (unpaired) electrons. The van der Waals surface area contributed by atoms with Gasteiger partial charge in [-0.1, -0.05) is 42.6 Å². The molecule has 26 heavy (non-hydrogen) atoms. The summed E-state index contributed by atoms with van der Waals surface area (Å²) in [5.41, 5.74) is 1.05. The number of halogens is 2. The third-order valence-corrected chi connectivity index (χ3v) is 5.57. The fraction of sp³-hybridized carbons (Fsp3) is 0.389. The molecule has 0 saturated heterocycles. The first kappa shape index (κ1) is 20.7. The van der Waals surface area contributed by atoms with Crippen molar-refractivity contribution in [2.24, 2.45) is 0 Å². The van der Waals surface area contributed by atoms with Crippen molar-refractivity contribution in [3.05, 3.63) is 43.8 Å². The highest BCUT2D eigenvalue weighted by molar-refractivity contribution is 7.13. The molecule has 140 valence electrons. The lowest BCUT2D eigenvalue weighted by molar-refractivity contribution is -0.116. The van der Waals surface area contributed by atoms with Gasteiger partial charge in [0.05, 0.1) is 33.0 Å². The number of thiazole rings is 1. The van der Waals surface area contributed by atoms with E-state index in [0.717, 1.165) is 24.3 Å². The number of aryl methyl sites for hydroxylation is 2. The molecule has 2 aromatic rings. The average molecular weight is 414 g/mol. The van der Waals surface area contributed by atoms with Gasteiger partial charge in [-0.05, 0) is 31.9 Å². The molecule has 5 nitrogen and oxygen atoms in total. The van der Waals surface area contributed by atoms with Crippen LogP contribution in [0.15, 0.2) is 18.2 Å². The minimum Gasteiger partial charge on any atom is -0.332 e. The number of hydrogen-bond donors (Lipinski definition) is 1. The van der Waals surface area contributed by atoms with Crippen LogP contribution in [-0.4, -0.2) is 35.3 Å². The molecule has 1 heterocycles. The zero-order valence-electron chi connectivity index (χ0n) is 14.9. The van der Waals surface area contributed by atoms with Crippen LogP contribution in [0, 0.1) is 6.92 Å². The standard InChI is InChI=1S/C18H21Cl2N3O2S/c1-4-5-9-15-21-11(2)17(26-15)18(25)23(3)10-14(24)22-16-12(19)7-6-8-13(16)20/h6-8H,4-5,9-10H2,1-3H3,(H,22,24). The molecular weight excluding hydrogens is 393 g/mol. The molecule has 2 rings (SSSR count). The van der Waals surface area contributed by atoms with E-state index in [2.05, 4.69) is 17.2 Å². The van der Waals surface area contributed by atoms with Crippen molar-refractivity contribution in [3.8, 4) is 0 Å². The maximum atomic E-state index is 12.6. The molecule has 0 saturated carbocycles. The molecule has 1 aromatic carbocycles. The molecule has 1 aromatic heterocycles. The predicted octanol–water partition coefficient (Wildman–Crippen LogP) is 4.81. The van der Waals surface area contributed by atoms with Gasteiger partial charge in [0, 0.05) is 7.05 Å².